The molecule has 116 valence electrons. The topological polar surface area (TPSA) is 62.3 Å². The van der Waals surface area contributed by atoms with Crippen LogP contribution in [-0.2, 0) is 10.9 Å². The fourth-order valence-electron chi connectivity index (χ4n) is 2.44. The highest BCUT2D eigenvalue weighted by Gasteiger charge is 2.34. The number of nitrogen functional groups attached to an aromatic ring is 1. The Bertz CT molecular complexity index is 525. The van der Waals surface area contributed by atoms with Crippen LogP contribution >= 0.6 is 0 Å². The summed E-state index contributed by atoms with van der Waals surface area (Å²) in [5, 5.41) is 7.35. The summed E-state index contributed by atoms with van der Waals surface area (Å²) >= 11 is 0. The second-order valence-corrected chi connectivity index (χ2v) is 5.16. The molecular weight excluding hydrogens is 283 g/mol. The number of nitrogens with zero attached hydrogens (tertiary/aromatic N) is 1. The maximum absolute atomic E-state index is 12.9. The smallest absolute Gasteiger partial charge is 0.384 e. The average molecular weight is 301 g/mol. The Labute approximate surface area is 121 Å². The van der Waals surface area contributed by atoms with Gasteiger partial charge in [0.15, 0.2) is 0 Å². The van der Waals surface area contributed by atoms with Crippen molar-refractivity contribution in [3.05, 3.63) is 29.3 Å². The molecule has 1 unspecified atom stereocenters. The number of ether oxygens (including phenoxy) is 1. The van der Waals surface area contributed by atoms with E-state index in [-0.39, 0.29) is 11.7 Å². The summed E-state index contributed by atoms with van der Waals surface area (Å²) in [7, 11) is 1.79. The van der Waals surface area contributed by atoms with Crippen molar-refractivity contribution in [2.24, 2.45) is 5.73 Å². The molecule has 4 nitrogen and oxygen atoms in total. The first-order valence-electron chi connectivity index (χ1n) is 6.67. The van der Waals surface area contributed by atoms with E-state index in [9.17, 15) is 13.2 Å². The van der Waals surface area contributed by atoms with Crippen LogP contribution in [-0.4, -0.2) is 32.1 Å². The minimum Gasteiger partial charge on any atom is -0.384 e. The Hall–Kier alpha value is -1.76. The van der Waals surface area contributed by atoms with Gasteiger partial charge in [-0.3, -0.25) is 5.41 Å². The van der Waals surface area contributed by atoms with E-state index in [1.54, 1.807) is 7.05 Å². The summed E-state index contributed by atoms with van der Waals surface area (Å²) in [6, 6.07) is 3.67. The molecule has 1 atom stereocenters. The minimum atomic E-state index is -4.52. The van der Waals surface area contributed by atoms with E-state index >= 15 is 0 Å². The van der Waals surface area contributed by atoms with Crippen LogP contribution in [0.15, 0.2) is 18.2 Å². The zero-order valence-corrected chi connectivity index (χ0v) is 11.7. The number of benzene rings is 1. The van der Waals surface area contributed by atoms with E-state index in [4.69, 9.17) is 15.9 Å². The van der Waals surface area contributed by atoms with Gasteiger partial charge in [0.25, 0.3) is 0 Å². The first-order chi connectivity index (χ1) is 9.79. The summed E-state index contributed by atoms with van der Waals surface area (Å²) in [4.78, 5) is 1.82. The van der Waals surface area contributed by atoms with Crippen LogP contribution in [0, 0.1) is 5.41 Å². The number of nitrogens with one attached hydrogen (secondary N) is 1. The fourth-order valence-corrected chi connectivity index (χ4v) is 2.44. The van der Waals surface area contributed by atoms with Crippen molar-refractivity contribution in [3.63, 3.8) is 0 Å². The lowest BCUT2D eigenvalue weighted by Gasteiger charge is -2.24. The number of rotatable bonds is 4. The Morgan fingerprint density at radius 2 is 2.19 bits per heavy atom. The lowest BCUT2D eigenvalue weighted by Crippen LogP contribution is -2.29. The molecule has 1 fully saturated rings. The second-order valence-electron chi connectivity index (χ2n) is 5.16. The molecule has 0 aromatic heterocycles. The van der Waals surface area contributed by atoms with Gasteiger partial charge in [0.2, 0.25) is 0 Å². The van der Waals surface area contributed by atoms with Gasteiger partial charge in [0.05, 0.1) is 11.7 Å². The van der Waals surface area contributed by atoms with Gasteiger partial charge < -0.3 is 15.4 Å². The average Bonchev–Trinajstić information content (AvgIpc) is 2.89. The number of hydrogen-bond acceptors (Lipinski definition) is 3. The van der Waals surface area contributed by atoms with Crippen LogP contribution in [0.25, 0.3) is 0 Å². The number of amidine groups is 1. The molecular formula is C14H18F3N3O. The third kappa shape index (κ3) is 3.66. The Morgan fingerprint density at radius 1 is 1.48 bits per heavy atom. The maximum atomic E-state index is 12.9. The molecule has 0 radical (unpaired) electrons. The van der Waals surface area contributed by atoms with E-state index in [1.807, 2.05) is 4.90 Å². The van der Waals surface area contributed by atoms with Crippen LogP contribution in [0.2, 0.25) is 0 Å². The molecule has 1 saturated heterocycles. The predicted octanol–water partition coefficient (Wildman–Crippen LogP) is 2.60. The molecule has 7 heteroatoms. The van der Waals surface area contributed by atoms with Gasteiger partial charge in [-0.15, -0.1) is 0 Å². The summed E-state index contributed by atoms with van der Waals surface area (Å²) in [6.45, 7) is 1.33. The van der Waals surface area contributed by atoms with E-state index in [0.29, 0.717) is 12.2 Å². The van der Waals surface area contributed by atoms with Crippen LogP contribution < -0.4 is 10.6 Å². The van der Waals surface area contributed by atoms with Crippen molar-refractivity contribution < 1.29 is 17.9 Å². The highest BCUT2D eigenvalue weighted by molar-refractivity contribution is 5.97. The Kier molecular flexibility index (Phi) is 4.41. The number of anilines is 1. The summed E-state index contributed by atoms with van der Waals surface area (Å²) in [6.07, 6.45) is -2.47. The molecule has 1 aliphatic heterocycles. The standard InChI is InChI=1S/C14H18F3N3O/c1-20(8-10-3-2-6-21-10)9-4-5-12(14(15,16)17)11(7-9)13(18)19/h4-5,7,10H,2-3,6,8H2,1H3,(H3,18,19). The van der Waals surface area contributed by atoms with Gasteiger partial charge in [0.1, 0.15) is 5.84 Å². The van der Waals surface area contributed by atoms with Crippen LogP contribution in [0.5, 0.6) is 0 Å². The zero-order chi connectivity index (χ0) is 15.6. The largest absolute Gasteiger partial charge is 0.417 e. The first-order valence-corrected chi connectivity index (χ1v) is 6.67. The molecule has 0 amide bonds. The van der Waals surface area contributed by atoms with E-state index < -0.39 is 17.6 Å². The highest BCUT2D eigenvalue weighted by atomic mass is 19.4. The normalized spacial score (nSPS) is 18.8. The van der Waals surface area contributed by atoms with Crippen molar-refractivity contribution >= 4 is 11.5 Å². The van der Waals surface area contributed by atoms with E-state index in [2.05, 4.69) is 0 Å². The van der Waals surface area contributed by atoms with E-state index in [1.165, 1.54) is 12.1 Å². The third-order valence-electron chi connectivity index (χ3n) is 3.54. The predicted molar refractivity (Wildman–Crippen MR) is 74.7 cm³/mol. The lowest BCUT2D eigenvalue weighted by molar-refractivity contribution is -0.137. The van der Waals surface area contributed by atoms with Gasteiger partial charge in [-0.05, 0) is 31.0 Å². The molecule has 1 aliphatic rings. The molecule has 1 heterocycles. The van der Waals surface area contributed by atoms with Crippen molar-refractivity contribution in [2.75, 3.05) is 25.1 Å². The SMILES string of the molecule is CN(CC1CCCO1)c1ccc(C(F)(F)F)c(C(=N)N)c1. The summed E-state index contributed by atoms with van der Waals surface area (Å²) in [5.41, 5.74) is 4.69. The molecule has 21 heavy (non-hydrogen) atoms. The van der Waals surface area contributed by atoms with Crippen LogP contribution in [0.3, 0.4) is 0 Å². The van der Waals surface area contributed by atoms with Crippen molar-refractivity contribution in [3.8, 4) is 0 Å². The third-order valence-corrected chi connectivity index (χ3v) is 3.54. The molecule has 3 N–H and O–H groups in total. The highest BCUT2D eigenvalue weighted by Crippen LogP contribution is 2.33. The number of halogens is 3. The number of alkyl halides is 3. The monoisotopic (exact) mass is 301 g/mol. The maximum Gasteiger partial charge on any atom is 0.417 e. The van der Waals surface area contributed by atoms with Gasteiger partial charge in [-0.25, -0.2) is 0 Å². The Balaban J connectivity index is 2.24. The minimum absolute atomic E-state index is 0.0954. The zero-order valence-electron chi connectivity index (χ0n) is 11.7. The fraction of sp³-hybridized carbons (Fsp3) is 0.500. The second kappa shape index (κ2) is 5.93. The van der Waals surface area contributed by atoms with E-state index in [0.717, 1.165) is 25.5 Å². The molecule has 0 saturated carbocycles. The lowest BCUT2D eigenvalue weighted by atomic mass is 10.0. The van der Waals surface area contributed by atoms with Crippen molar-refractivity contribution in [2.45, 2.75) is 25.1 Å². The van der Waals surface area contributed by atoms with Crippen LogP contribution in [0.1, 0.15) is 24.0 Å². The number of hydrogen-bond donors (Lipinski definition) is 2. The van der Waals surface area contributed by atoms with Gasteiger partial charge in [-0.1, -0.05) is 0 Å². The molecule has 0 spiro atoms. The molecule has 0 bridgehead atoms. The quantitative estimate of drug-likeness (QED) is 0.664. The number of likely N-dealkylation sites (N-methyl/N-ethyl adjacent to an activating group) is 1. The molecule has 1 aromatic carbocycles. The van der Waals surface area contributed by atoms with Crippen molar-refractivity contribution in [1.29, 1.82) is 5.41 Å². The van der Waals surface area contributed by atoms with Crippen molar-refractivity contribution in [1.82, 2.24) is 0 Å². The first kappa shape index (κ1) is 15.6. The van der Waals surface area contributed by atoms with Gasteiger partial charge in [0, 0.05) is 31.5 Å². The molecule has 1 aromatic rings. The summed E-state index contributed by atoms with van der Waals surface area (Å²) in [5.74, 6) is -0.588. The van der Waals surface area contributed by atoms with Crippen LogP contribution in [0.4, 0.5) is 18.9 Å². The molecule has 0 aliphatic carbocycles. The summed E-state index contributed by atoms with van der Waals surface area (Å²) < 4.78 is 44.2. The van der Waals surface area contributed by atoms with Gasteiger partial charge in [-0.2, -0.15) is 13.2 Å². The number of nitrogens with two attached hydrogens (primary N) is 1. The van der Waals surface area contributed by atoms with Gasteiger partial charge >= 0.3 is 6.18 Å². The molecule has 2 rings (SSSR count). The Morgan fingerprint density at radius 3 is 2.71 bits per heavy atom.